The van der Waals surface area contributed by atoms with Gasteiger partial charge >= 0.3 is 0 Å². The fourth-order valence-electron chi connectivity index (χ4n) is 1.61. The number of halogens is 2. The SMILES string of the molecule is CC(C)(C)c1csc(Cc2cc(Cl)c(O)cc2Cl)n1. The number of nitrogens with zero attached hydrogens (tertiary/aromatic N) is 1. The second-order valence-corrected chi connectivity index (χ2v) is 7.21. The van der Waals surface area contributed by atoms with Gasteiger partial charge in [-0.2, -0.15) is 0 Å². The highest BCUT2D eigenvalue weighted by Gasteiger charge is 2.18. The lowest BCUT2D eigenvalue weighted by molar-refractivity contribution is 0.475. The Morgan fingerprint density at radius 1 is 1.21 bits per heavy atom. The fourth-order valence-corrected chi connectivity index (χ4v) is 3.07. The molecule has 0 fully saturated rings. The lowest BCUT2D eigenvalue weighted by Crippen LogP contribution is -2.11. The molecular weight excluding hydrogens is 301 g/mol. The summed E-state index contributed by atoms with van der Waals surface area (Å²) in [7, 11) is 0. The number of benzene rings is 1. The summed E-state index contributed by atoms with van der Waals surface area (Å²) >= 11 is 13.6. The van der Waals surface area contributed by atoms with E-state index >= 15 is 0 Å². The molecule has 19 heavy (non-hydrogen) atoms. The molecule has 0 spiro atoms. The van der Waals surface area contributed by atoms with Crippen LogP contribution < -0.4 is 0 Å². The summed E-state index contributed by atoms with van der Waals surface area (Å²) in [5, 5.41) is 13.4. The number of hydrogen-bond donors (Lipinski definition) is 1. The van der Waals surface area contributed by atoms with Crippen LogP contribution in [-0.2, 0) is 11.8 Å². The normalized spacial score (nSPS) is 11.8. The van der Waals surface area contributed by atoms with Gasteiger partial charge in [-0.15, -0.1) is 11.3 Å². The van der Waals surface area contributed by atoms with E-state index in [-0.39, 0.29) is 11.2 Å². The van der Waals surface area contributed by atoms with Crippen LogP contribution in [-0.4, -0.2) is 10.1 Å². The number of phenolic OH excluding ortho intramolecular Hbond substituents is 1. The number of aromatic hydroxyl groups is 1. The van der Waals surface area contributed by atoms with Crippen LogP contribution in [0.25, 0.3) is 0 Å². The Labute approximate surface area is 127 Å². The van der Waals surface area contributed by atoms with E-state index in [1.54, 1.807) is 17.4 Å². The van der Waals surface area contributed by atoms with Gasteiger partial charge in [0.25, 0.3) is 0 Å². The lowest BCUT2D eigenvalue weighted by Gasteiger charge is -2.14. The maximum atomic E-state index is 9.47. The predicted octanol–water partition coefficient (Wildman–Crippen LogP) is 5.04. The molecule has 2 aromatic rings. The van der Waals surface area contributed by atoms with Crippen LogP contribution in [0.4, 0.5) is 0 Å². The Balaban J connectivity index is 2.27. The molecule has 0 aliphatic rings. The van der Waals surface area contributed by atoms with Gasteiger partial charge in [0.15, 0.2) is 0 Å². The molecule has 0 radical (unpaired) electrons. The third kappa shape index (κ3) is 3.41. The molecule has 5 heteroatoms. The molecule has 0 aliphatic heterocycles. The van der Waals surface area contributed by atoms with Crippen molar-refractivity contribution >= 4 is 34.5 Å². The van der Waals surface area contributed by atoms with Gasteiger partial charge in [-0.1, -0.05) is 44.0 Å². The topological polar surface area (TPSA) is 33.1 Å². The van der Waals surface area contributed by atoms with E-state index in [0.29, 0.717) is 16.5 Å². The van der Waals surface area contributed by atoms with Crippen molar-refractivity contribution in [2.45, 2.75) is 32.6 Å². The maximum Gasteiger partial charge on any atom is 0.135 e. The zero-order valence-electron chi connectivity index (χ0n) is 11.0. The molecule has 1 aromatic heterocycles. The Kier molecular flexibility index (Phi) is 4.09. The lowest BCUT2D eigenvalue weighted by atomic mass is 9.93. The van der Waals surface area contributed by atoms with E-state index in [1.807, 2.05) is 0 Å². The molecule has 2 nitrogen and oxygen atoms in total. The summed E-state index contributed by atoms with van der Waals surface area (Å²) in [5.74, 6) is 0.00457. The molecule has 1 aromatic carbocycles. The molecule has 0 aliphatic carbocycles. The van der Waals surface area contributed by atoms with E-state index < -0.39 is 0 Å². The summed E-state index contributed by atoms with van der Waals surface area (Å²) in [6.07, 6.45) is 0.625. The highest BCUT2D eigenvalue weighted by molar-refractivity contribution is 7.09. The molecule has 2 rings (SSSR count). The Bertz CT molecular complexity index is 602. The van der Waals surface area contributed by atoms with Gasteiger partial charge in [0.05, 0.1) is 15.7 Å². The maximum absolute atomic E-state index is 9.47. The van der Waals surface area contributed by atoms with Crippen molar-refractivity contribution in [1.82, 2.24) is 4.98 Å². The Hall–Kier alpha value is -0.770. The molecule has 0 bridgehead atoms. The minimum absolute atomic E-state index is 0.00457. The van der Waals surface area contributed by atoms with Crippen LogP contribution in [0.15, 0.2) is 17.5 Å². The van der Waals surface area contributed by atoms with Gasteiger partial charge in [0.1, 0.15) is 5.75 Å². The molecule has 0 saturated carbocycles. The van der Waals surface area contributed by atoms with Crippen molar-refractivity contribution in [3.05, 3.63) is 43.8 Å². The number of hydrogen-bond acceptors (Lipinski definition) is 3. The molecule has 0 saturated heterocycles. The van der Waals surface area contributed by atoms with Gasteiger partial charge in [0.2, 0.25) is 0 Å². The van der Waals surface area contributed by atoms with Gasteiger partial charge in [-0.25, -0.2) is 4.98 Å². The zero-order chi connectivity index (χ0) is 14.2. The van der Waals surface area contributed by atoms with Gasteiger partial charge < -0.3 is 5.11 Å². The predicted molar refractivity (Wildman–Crippen MR) is 81.7 cm³/mol. The number of thiazole rings is 1. The first-order valence-electron chi connectivity index (χ1n) is 5.89. The molecule has 102 valence electrons. The third-order valence-corrected chi connectivity index (χ3v) is 4.28. The average Bonchev–Trinajstić information content (AvgIpc) is 2.74. The van der Waals surface area contributed by atoms with Crippen molar-refractivity contribution in [3.63, 3.8) is 0 Å². The first-order valence-corrected chi connectivity index (χ1v) is 7.52. The second-order valence-electron chi connectivity index (χ2n) is 5.45. The summed E-state index contributed by atoms with van der Waals surface area (Å²) in [6.45, 7) is 6.41. The third-order valence-electron chi connectivity index (χ3n) is 2.78. The molecule has 1 heterocycles. The van der Waals surface area contributed by atoms with Gasteiger partial charge in [-0.05, 0) is 11.6 Å². The zero-order valence-corrected chi connectivity index (χ0v) is 13.3. The minimum atomic E-state index is 0.00457. The number of phenols is 1. The van der Waals surface area contributed by atoms with E-state index in [4.69, 9.17) is 23.2 Å². The molecule has 1 N–H and O–H groups in total. The van der Waals surface area contributed by atoms with Gasteiger partial charge in [0, 0.05) is 28.3 Å². The summed E-state index contributed by atoms with van der Waals surface area (Å²) < 4.78 is 0. The van der Waals surface area contributed by atoms with Gasteiger partial charge in [-0.3, -0.25) is 0 Å². The first kappa shape index (κ1) is 14.6. The van der Waals surface area contributed by atoms with Crippen molar-refractivity contribution in [2.75, 3.05) is 0 Å². The summed E-state index contributed by atoms with van der Waals surface area (Å²) in [5.41, 5.74) is 2.00. The van der Waals surface area contributed by atoms with Crippen LogP contribution >= 0.6 is 34.5 Å². The molecule has 0 amide bonds. The van der Waals surface area contributed by atoms with Crippen molar-refractivity contribution in [2.24, 2.45) is 0 Å². The van der Waals surface area contributed by atoms with Crippen LogP contribution in [0, 0.1) is 0 Å². The second kappa shape index (κ2) is 5.31. The average molecular weight is 316 g/mol. The van der Waals surface area contributed by atoms with E-state index in [1.165, 1.54) is 6.07 Å². The highest BCUT2D eigenvalue weighted by Crippen LogP contribution is 2.32. The van der Waals surface area contributed by atoms with Crippen LogP contribution in [0.2, 0.25) is 10.0 Å². The standard InChI is InChI=1S/C14H15Cl2NOS/c1-14(2,3)12-7-19-13(17-12)5-8-4-10(16)11(18)6-9(8)15/h4,6-7,18H,5H2,1-3H3. The Morgan fingerprint density at radius 3 is 2.47 bits per heavy atom. The highest BCUT2D eigenvalue weighted by atomic mass is 35.5. The summed E-state index contributed by atoms with van der Waals surface area (Å²) in [6, 6.07) is 3.16. The quantitative estimate of drug-likeness (QED) is 0.841. The van der Waals surface area contributed by atoms with E-state index in [9.17, 15) is 5.11 Å². The largest absolute Gasteiger partial charge is 0.506 e. The van der Waals surface area contributed by atoms with Crippen molar-refractivity contribution in [3.8, 4) is 5.75 Å². The first-order chi connectivity index (χ1) is 8.77. The summed E-state index contributed by atoms with van der Waals surface area (Å²) in [4.78, 5) is 4.62. The Morgan fingerprint density at radius 2 is 1.89 bits per heavy atom. The smallest absolute Gasteiger partial charge is 0.135 e. The van der Waals surface area contributed by atoms with Crippen LogP contribution in [0.1, 0.15) is 37.0 Å². The fraction of sp³-hybridized carbons (Fsp3) is 0.357. The van der Waals surface area contributed by atoms with Crippen LogP contribution in [0.3, 0.4) is 0 Å². The van der Waals surface area contributed by atoms with Crippen molar-refractivity contribution < 1.29 is 5.11 Å². The molecular formula is C14H15Cl2NOS. The van der Waals surface area contributed by atoms with Crippen molar-refractivity contribution in [1.29, 1.82) is 0 Å². The molecule has 0 unspecified atom stereocenters. The monoisotopic (exact) mass is 315 g/mol. The number of aromatic nitrogens is 1. The minimum Gasteiger partial charge on any atom is -0.506 e. The van der Waals surface area contributed by atoms with E-state index in [2.05, 4.69) is 31.1 Å². The number of rotatable bonds is 2. The van der Waals surface area contributed by atoms with Crippen LogP contribution in [0.5, 0.6) is 5.75 Å². The molecule has 0 atom stereocenters. The van der Waals surface area contributed by atoms with E-state index in [0.717, 1.165) is 16.3 Å².